The zero-order valence-electron chi connectivity index (χ0n) is 10.7. The van der Waals surface area contributed by atoms with E-state index in [9.17, 15) is 0 Å². The first kappa shape index (κ1) is 12.2. The van der Waals surface area contributed by atoms with E-state index in [1.165, 1.54) is 0 Å². The molecule has 1 aliphatic heterocycles. The first-order valence-corrected chi connectivity index (χ1v) is 6.69. The molecule has 19 heavy (non-hydrogen) atoms. The van der Waals surface area contributed by atoms with Gasteiger partial charge >= 0.3 is 0 Å². The monoisotopic (exact) mass is 262 g/mol. The molecule has 1 saturated heterocycles. The van der Waals surface area contributed by atoms with Crippen molar-refractivity contribution in [1.29, 1.82) is 0 Å². The Hall–Kier alpha value is -1.82. The molecule has 6 nitrogen and oxygen atoms in total. The molecule has 3 rings (SSSR count). The minimum Gasteiger partial charge on any atom is -0.397 e. The minimum atomic E-state index is 0.243. The fourth-order valence-corrected chi connectivity index (χ4v) is 2.88. The smallest absolute Gasteiger partial charge is 0.160 e. The highest BCUT2D eigenvalue weighted by molar-refractivity contribution is 5.95. The molecular weight excluding hydrogens is 244 g/mol. The number of hydrogen-bond acceptors (Lipinski definition) is 6. The lowest BCUT2D eigenvalue weighted by atomic mass is 10.1. The third-order valence-corrected chi connectivity index (χ3v) is 3.81. The van der Waals surface area contributed by atoms with Crippen LogP contribution in [0.4, 0.5) is 11.4 Å². The SMILES string of the molecule is Nc1ccc(N2CCCC2CCCO)c2nonc12. The van der Waals surface area contributed by atoms with Crippen molar-refractivity contribution in [2.24, 2.45) is 0 Å². The number of aromatic nitrogens is 2. The summed E-state index contributed by atoms with van der Waals surface area (Å²) in [5.41, 5.74) is 8.85. The summed E-state index contributed by atoms with van der Waals surface area (Å²) >= 11 is 0. The summed E-state index contributed by atoms with van der Waals surface area (Å²) in [6.07, 6.45) is 4.13. The molecule has 1 atom stereocenters. The number of nitrogens with two attached hydrogens (primary N) is 1. The third kappa shape index (κ3) is 2.12. The van der Waals surface area contributed by atoms with Gasteiger partial charge in [0.1, 0.15) is 0 Å². The Balaban J connectivity index is 1.94. The highest BCUT2D eigenvalue weighted by atomic mass is 16.6. The van der Waals surface area contributed by atoms with Crippen LogP contribution in [0.15, 0.2) is 16.8 Å². The number of fused-ring (bicyclic) bond motifs is 1. The van der Waals surface area contributed by atoms with Gasteiger partial charge in [-0.3, -0.25) is 0 Å². The van der Waals surface area contributed by atoms with Gasteiger partial charge in [-0.15, -0.1) is 0 Å². The second-order valence-electron chi connectivity index (χ2n) is 4.99. The normalized spacial score (nSPS) is 19.4. The van der Waals surface area contributed by atoms with Crippen molar-refractivity contribution in [3.63, 3.8) is 0 Å². The van der Waals surface area contributed by atoms with Crippen molar-refractivity contribution in [3.05, 3.63) is 12.1 Å². The third-order valence-electron chi connectivity index (χ3n) is 3.81. The molecule has 6 heteroatoms. The van der Waals surface area contributed by atoms with E-state index in [1.54, 1.807) is 0 Å². The standard InChI is InChI=1S/C13H18N4O2/c14-10-5-6-11(13-12(10)15-19-16-13)17-7-1-3-9(17)4-2-8-18/h5-6,9,18H,1-4,7-8,14H2. The van der Waals surface area contributed by atoms with Crippen molar-refractivity contribution in [3.8, 4) is 0 Å². The first-order chi connectivity index (χ1) is 9.31. The summed E-state index contributed by atoms with van der Waals surface area (Å²) in [5, 5.41) is 16.8. The second-order valence-corrected chi connectivity index (χ2v) is 4.99. The van der Waals surface area contributed by atoms with Crippen molar-refractivity contribution in [2.45, 2.75) is 31.7 Å². The van der Waals surface area contributed by atoms with Crippen LogP contribution in [-0.4, -0.2) is 34.6 Å². The van der Waals surface area contributed by atoms with Crippen molar-refractivity contribution in [1.82, 2.24) is 10.3 Å². The lowest BCUT2D eigenvalue weighted by Crippen LogP contribution is -2.29. The highest BCUT2D eigenvalue weighted by Crippen LogP contribution is 2.34. The number of aliphatic hydroxyl groups excluding tert-OH is 1. The summed E-state index contributed by atoms with van der Waals surface area (Å²) in [5.74, 6) is 0. The van der Waals surface area contributed by atoms with Gasteiger partial charge in [0, 0.05) is 19.2 Å². The van der Waals surface area contributed by atoms with E-state index >= 15 is 0 Å². The van der Waals surface area contributed by atoms with Crippen LogP contribution in [0.1, 0.15) is 25.7 Å². The van der Waals surface area contributed by atoms with Gasteiger partial charge in [-0.2, -0.15) is 0 Å². The highest BCUT2D eigenvalue weighted by Gasteiger charge is 2.27. The quantitative estimate of drug-likeness (QED) is 0.813. The van der Waals surface area contributed by atoms with Gasteiger partial charge in [0.15, 0.2) is 11.0 Å². The Morgan fingerprint density at radius 3 is 3.05 bits per heavy atom. The Kier molecular flexibility index (Phi) is 3.25. The maximum atomic E-state index is 8.99. The van der Waals surface area contributed by atoms with Gasteiger partial charge < -0.3 is 15.7 Å². The molecule has 0 bridgehead atoms. The molecule has 0 radical (unpaired) electrons. The predicted molar refractivity (Wildman–Crippen MR) is 72.9 cm³/mol. The van der Waals surface area contributed by atoms with Crippen LogP contribution in [0.3, 0.4) is 0 Å². The van der Waals surface area contributed by atoms with Crippen LogP contribution < -0.4 is 10.6 Å². The number of aliphatic hydroxyl groups is 1. The van der Waals surface area contributed by atoms with Crippen molar-refractivity contribution in [2.75, 3.05) is 23.8 Å². The van der Waals surface area contributed by atoms with Crippen LogP contribution >= 0.6 is 0 Å². The number of hydrogen-bond donors (Lipinski definition) is 2. The van der Waals surface area contributed by atoms with Gasteiger partial charge in [-0.05, 0) is 48.1 Å². The maximum Gasteiger partial charge on any atom is 0.160 e. The van der Waals surface area contributed by atoms with E-state index in [4.69, 9.17) is 15.5 Å². The van der Waals surface area contributed by atoms with Crippen LogP contribution in [0, 0.1) is 0 Å². The van der Waals surface area contributed by atoms with Gasteiger partial charge in [0.25, 0.3) is 0 Å². The minimum absolute atomic E-state index is 0.243. The molecule has 2 heterocycles. The summed E-state index contributed by atoms with van der Waals surface area (Å²) in [6.45, 7) is 1.25. The molecule has 1 aromatic heterocycles. The van der Waals surface area contributed by atoms with Crippen molar-refractivity contribution >= 4 is 22.4 Å². The van der Waals surface area contributed by atoms with E-state index in [1.807, 2.05) is 12.1 Å². The van der Waals surface area contributed by atoms with Gasteiger partial charge in [0.05, 0.1) is 11.4 Å². The maximum absolute atomic E-state index is 8.99. The van der Waals surface area contributed by atoms with Crippen LogP contribution in [0.25, 0.3) is 11.0 Å². The topological polar surface area (TPSA) is 88.4 Å². The van der Waals surface area contributed by atoms with Crippen LogP contribution in [0.2, 0.25) is 0 Å². The van der Waals surface area contributed by atoms with Crippen LogP contribution in [0.5, 0.6) is 0 Å². The van der Waals surface area contributed by atoms with E-state index in [2.05, 4.69) is 15.2 Å². The summed E-state index contributed by atoms with van der Waals surface area (Å²) in [6, 6.07) is 4.29. The zero-order valence-corrected chi connectivity index (χ0v) is 10.7. The van der Waals surface area contributed by atoms with E-state index in [0.29, 0.717) is 17.2 Å². The van der Waals surface area contributed by atoms with Gasteiger partial charge in [0.2, 0.25) is 0 Å². The summed E-state index contributed by atoms with van der Waals surface area (Å²) in [4.78, 5) is 2.33. The zero-order chi connectivity index (χ0) is 13.2. The first-order valence-electron chi connectivity index (χ1n) is 6.69. The molecule has 2 aromatic rings. The lowest BCUT2D eigenvalue weighted by Gasteiger charge is -2.26. The molecule has 0 spiro atoms. The molecule has 102 valence electrons. The summed E-state index contributed by atoms with van der Waals surface area (Å²) in [7, 11) is 0. The fourth-order valence-electron chi connectivity index (χ4n) is 2.88. The number of nitrogen functional groups attached to an aromatic ring is 1. The largest absolute Gasteiger partial charge is 0.397 e. The molecule has 1 aliphatic rings. The molecule has 1 aromatic carbocycles. The number of anilines is 2. The summed E-state index contributed by atoms with van der Waals surface area (Å²) < 4.78 is 4.82. The van der Waals surface area contributed by atoms with E-state index in [-0.39, 0.29) is 6.61 Å². The second kappa shape index (κ2) is 5.05. The van der Waals surface area contributed by atoms with E-state index in [0.717, 1.165) is 43.4 Å². The molecule has 0 amide bonds. The molecule has 0 aliphatic carbocycles. The Labute approximate surface area is 111 Å². The lowest BCUT2D eigenvalue weighted by molar-refractivity contribution is 0.279. The van der Waals surface area contributed by atoms with E-state index < -0.39 is 0 Å². The molecule has 1 unspecified atom stereocenters. The Bertz CT molecular complexity index is 569. The van der Waals surface area contributed by atoms with Crippen molar-refractivity contribution < 1.29 is 9.74 Å². The Morgan fingerprint density at radius 2 is 2.21 bits per heavy atom. The van der Waals surface area contributed by atoms with Crippen LogP contribution in [-0.2, 0) is 0 Å². The number of benzene rings is 1. The Morgan fingerprint density at radius 1 is 1.37 bits per heavy atom. The predicted octanol–water partition coefficient (Wildman–Crippen LogP) is 1.55. The number of rotatable bonds is 4. The molecule has 1 fully saturated rings. The van der Waals surface area contributed by atoms with Gasteiger partial charge in [-0.25, -0.2) is 4.63 Å². The molecule has 3 N–H and O–H groups in total. The fraction of sp³-hybridized carbons (Fsp3) is 0.538. The molecule has 0 saturated carbocycles. The average Bonchev–Trinajstić information content (AvgIpc) is 3.06. The average molecular weight is 262 g/mol. The molecular formula is C13H18N4O2. The number of nitrogens with zero attached hydrogens (tertiary/aromatic N) is 3. The van der Waals surface area contributed by atoms with Gasteiger partial charge in [-0.1, -0.05) is 0 Å².